The minimum Gasteiger partial charge on any atom is -0.399 e. The van der Waals surface area contributed by atoms with E-state index in [-0.39, 0.29) is 0 Å². The van der Waals surface area contributed by atoms with Crippen LogP contribution in [0.2, 0.25) is 0 Å². The van der Waals surface area contributed by atoms with E-state index in [0.29, 0.717) is 17.9 Å². The van der Waals surface area contributed by atoms with E-state index < -0.39 is 16.2 Å². The predicted octanol–water partition coefficient (Wildman–Crippen LogP) is 2.62. The van der Waals surface area contributed by atoms with Gasteiger partial charge in [0.05, 0.1) is 22.3 Å². The summed E-state index contributed by atoms with van der Waals surface area (Å²) in [6.07, 6.45) is 0.615. The van der Waals surface area contributed by atoms with Gasteiger partial charge >= 0.3 is 0 Å². The Hall–Kier alpha value is -1.34. The van der Waals surface area contributed by atoms with Crippen LogP contribution in [0.1, 0.15) is 25.8 Å². The fourth-order valence-electron chi connectivity index (χ4n) is 1.38. The Morgan fingerprint density at radius 1 is 1.47 bits per heavy atom. The van der Waals surface area contributed by atoms with Gasteiger partial charge in [-0.05, 0) is 44.9 Å². The fourth-order valence-corrected chi connectivity index (χ4v) is 2.99. The van der Waals surface area contributed by atoms with E-state index in [1.807, 2.05) is 26.8 Å². The first-order valence-electron chi connectivity index (χ1n) is 5.51. The maximum atomic E-state index is 12.1. The second kappa shape index (κ2) is 5.33. The summed E-state index contributed by atoms with van der Waals surface area (Å²) in [6, 6.07) is 7.64. The summed E-state index contributed by atoms with van der Waals surface area (Å²) < 4.78 is 12.1. The van der Waals surface area contributed by atoms with Gasteiger partial charge in [0.2, 0.25) is 0 Å². The highest BCUT2D eigenvalue weighted by molar-refractivity contribution is 7.85. The van der Waals surface area contributed by atoms with Crippen molar-refractivity contribution in [2.45, 2.75) is 32.1 Å². The van der Waals surface area contributed by atoms with Crippen molar-refractivity contribution in [1.82, 2.24) is 0 Å². The molecular formula is C13H18N2OS. The molecule has 1 unspecified atom stereocenters. The Morgan fingerprint density at radius 3 is 2.71 bits per heavy atom. The first-order valence-corrected chi connectivity index (χ1v) is 6.83. The molecule has 0 aliphatic carbocycles. The van der Waals surface area contributed by atoms with Crippen LogP contribution in [0.15, 0.2) is 23.1 Å². The van der Waals surface area contributed by atoms with Crippen molar-refractivity contribution in [2.75, 3.05) is 11.5 Å². The molecule has 1 aromatic carbocycles. The number of rotatable bonds is 4. The summed E-state index contributed by atoms with van der Waals surface area (Å²) in [5.74, 6) is 0.491. The van der Waals surface area contributed by atoms with Gasteiger partial charge < -0.3 is 5.73 Å². The van der Waals surface area contributed by atoms with Crippen molar-refractivity contribution in [3.63, 3.8) is 0 Å². The van der Waals surface area contributed by atoms with E-state index in [4.69, 9.17) is 11.0 Å². The van der Waals surface area contributed by atoms with Gasteiger partial charge in [-0.1, -0.05) is 6.07 Å². The summed E-state index contributed by atoms with van der Waals surface area (Å²) in [7, 11) is -1.08. The first-order chi connectivity index (χ1) is 7.85. The van der Waals surface area contributed by atoms with Crippen LogP contribution in [0.25, 0.3) is 0 Å². The zero-order valence-corrected chi connectivity index (χ0v) is 11.3. The van der Waals surface area contributed by atoms with Crippen LogP contribution in [0.5, 0.6) is 0 Å². The van der Waals surface area contributed by atoms with Crippen molar-refractivity contribution < 1.29 is 4.21 Å². The van der Waals surface area contributed by atoms with Gasteiger partial charge in [0.25, 0.3) is 0 Å². The Balaban J connectivity index is 2.78. The zero-order chi connectivity index (χ0) is 13.1. The van der Waals surface area contributed by atoms with Gasteiger partial charge in [0, 0.05) is 16.3 Å². The van der Waals surface area contributed by atoms with Crippen molar-refractivity contribution in [1.29, 1.82) is 5.26 Å². The number of nitrogen functional groups attached to an aromatic ring is 1. The maximum Gasteiger partial charge on any atom is 0.0684 e. The van der Waals surface area contributed by atoms with E-state index in [2.05, 4.69) is 6.07 Å². The molecule has 3 nitrogen and oxygen atoms in total. The number of nitrogens with two attached hydrogens (primary N) is 1. The molecule has 0 saturated heterocycles. The molecule has 0 aromatic heterocycles. The standard InChI is InChI=1S/C13H18N2OS/c1-10-4-5-11(15)8-12(10)17(16)7-6-13(2,3)9-14/h4-5,8H,6-7,15H2,1-3H3. The summed E-state index contributed by atoms with van der Waals surface area (Å²) in [5, 5.41) is 8.91. The number of hydrogen-bond donors (Lipinski definition) is 1. The Kier molecular flexibility index (Phi) is 4.30. The van der Waals surface area contributed by atoms with Crippen LogP contribution in [0.3, 0.4) is 0 Å². The summed E-state index contributed by atoms with van der Waals surface area (Å²) in [5.41, 5.74) is 6.86. The quantitative estimate of drug-likeness (QED) is 0.835. The smallest absolute Gasteiger partial charge is 0.0684 e. The second-order valence-electron chi connectivity index (χ2n) is 4.82. The average Bonchev–Trinajstić information content (AvgIpc) is 2.29. The highest BCUT2D eigenvalue weighted by Gasteiger charge is 2.19. The molecule has 0 radical (unpaired) electrons. The van der Waals surface area contributed by atoms with E-state index in [1.54, 1.807) is 12.1 Å². The SMILES string of the molecule is Cc1ccc(N)cc1S(=O)CCC(C)(C)C#N. The average molecular weight is 250 g/mol. The molecule has 17 heavy (non-hydrogen) atoms. The second-order valence-corrected chi connectivity index (χ2v) is 6.36. The fraction of sp³-hybridized carbons (Fsp3) is 0.462. The molecule has 92 valence electrons. The van der Waals surface area contributed by atoms with Gasteiger partial charge in [-0.2, -0.15) is 5.26 Å². The number of aryl methyl sites for hydroxylation is 1. The van der Waals surface area contributed by atoms with E-state index in [0.717, 1.165) is 10.5 Å². The maximum absolute atomic E-state index is 12.1. The van der Waals surface area contributed by atoms with Crippen LogP contribution in [0, 0.1) is 23.7 Å². The molecule has 0 aliphatic rings. The number of benzene rings is 1. The van der Waals surface area contributed by atoms with Gasteiger partial charge in [-0.25, -0.2) is 0 Å². The topological polar surface area (TPSA) is 66.9 Å². The molecule has 0 spiro atoms. The van der Waals surface area contributed by atoms with Crippen LogP contribution in [-0.2, 0) is 10.8 Å². The molecular weight excluding hydrogens is 232 g/mol. The number of anilines is 1. The molecule has 0 amide bonds. The van der Waals surface area contributed by atoms with Gasteiger partial charge in [0.1, 0.15) is 0 Å². The molecule has 2 N–H and O–H groups in total. The lowest BCUT2D eigenvalue weighted by atomic mass is 9.93. The first kappa shape index (κ1) is 13.7. The van der Waals surface area contributed by atoms with Crippen LogP contribution in [0.4, 0.5) is 5.69 Å². The molecule has 4 heteroatoms. The minimum atomic E-state index is -1.08. The van der Waals surface area contributed by atoms with E-state index in [9.17, 15) is 4.21 Å². The summed E-state index contributed by atoms with van der Waals surface area (Å²) >= 11 is 0. The highest BCUT2D eigenvalue weighted by Crippen LogP contribution is 2.22. The van der Waals surface area contributed by atoms with E-state index in [1.165, 1.54) is 0 Å². The van der Waals surface area contributed by atoms with Crippen molar-refractivity contribution in [2.24, 2.45) is 5.41 Å². The summed E-state index contributed by atoms with van der Waals surface area (Å²) in [6.45, 7) is 5.63. The Labute approximate surface area is 105 Å². The largest absolute Gasteiger partial charge is 0.399 e. The van der Waals surface area contributed by atoms with Crippen molar-refractivity contribution >= 4 is 16.5 Å². The summed E-state index contributed by atoms with van der Waals surface area (Å²) in [4.78, 5) is 0.777. The lowest BCUT2D eigenvalue weighted by Crippen LogP contribution is -2.13. The van der Waals surface area contributed by atoms with Gasteiger partial charge in [-0.3, -0.25) is 4.21 Å². The third kappa shape index (κ3) is 3.86. The monoisotopic (exact) mass is 250 g/mol. The zero-order valence-electron chi connectivity index (χ0n) is 10.5. The van der Waals surface area contributed by atoms with Crippen molar-refractivity contribution in [3.8, 4) is 6.07 Å². The molecule has 0 fully saturated rings. The molecule has 1 atom stereocenters. The Morgan fingerprint density at radius 2 is 2.12 bits per heavy atom. The number of hydrogen-bond acceptors (Lipinski definition) is 3. The predicted molar refractivity (Wildman–Crippen MR) is 70.9 cm³/mol. The lowest BCUT2D eigenvalue weighted by molar-refractivity contribution is 0.479. The normalized spacial score (nSPS) is 13.1. The van der Waals surface area contributed by atoms with Crippen LogP contribution < -0.4 is 5.73 Å². The van der Waals surface area contributed by atoms with Crippen LogP contribution in [-0.4, -0.2) is 9.96 Å². The number of nitrogens with zero attached hydrogens (tertiary/aromatic N) is 1. The number of nitriles is 1. The molecule has 1 rings (SSSR count). The Bertz CT molecular complexity index is 475. The molecule has 0 heterocycles. The molecule has 0 bridgehead atoms. The van der Waals surface area contributed by atoms with E-state index >= 15 is 0 Å². The van der Waals surface area contributed by atoms with Gasteiger partial charge in [0.15, 0.2) is 0 Å². The van der Waals surface area contributed by atoms with Crippen molar-refractivity contribution in [3.05, 3.63) is 23.8 Å². The highest BCUT2D eigenvalue weighted by atomic mass is 32.2. The van der Waals surface area contributed by atoms with Gasteiger partial charge in [-0.15, -0.1) is 0 Å². The molecule has 1 aromatic rings. The molecule has 0 aliphatic heterocycles. The third-order valence-electron chi connectivity index (χ3n) is 2.67. The third-order valence-corrected chi connectivity index (χ3v) is 4.18. The lowest BCUT2D eigenvalue weighted by Gasteiger charge is -2.14. The van der Waals surface area contributed by atoms with Crippen LogP contribution >= 0.6 is 0 Å². The minimum absolute atomic E-state index is 0.427. The molecule has 0 saturated carbocycles.